The summed E-state index contributed by atoms with van der Waals surface area (Å²) in [4.78, 5) is 15.2. The number of pyridine rings is 1. The van der Waals surface area contributed by atoms with Crippen molar-refractivity contribution in [3.63, 3.8) is 0 Å². The largest absolute Gasteiger partial charge is 0.293 e. The molecule has 0 saturated carbocycles. The molecule has 15 heavy (non-hydrogen) atoms. The van der Waals surface area contributed by atoms with E-state index >= 15 is 0 Å². The number of aryl methyl sites for hydroxylation is 1. The summed E-state index contributed by atoms with van der Waals surface area (Å²) in [5.74, 6) is -0.540. The summed E-state index contributed by atoms with van der Waals surface area (Å²) in [7, 11) is 0. The van der Waals surface area contributed by atoms with Crippen LogP contribution < -0.4 is 0 Å². The molecule has 0 aliphatic carbocycles. The number of aromatic nitrogens is 1. The van der Waals surface area contributed by atoms with Gasteiger partial charge in [-0.05, 0) is 24.6 Å². The smallest absolute Gasteiger partial charge is 0.178 e. The lowest BCUT2D eigenvalue weighted by Crippen LogP contribution is -1.99. The molecule has 2 aromatic rings. The van der Waals surface area contributed by atoms with E-state index in [4.69, 9.17) is 0 Å². The van der Waals surface area contributed by atoms with Crippen molar-refractivity contribution in [3.05, 3.63) is 41.3 Å². The highest BCUT2D eigenvalue weighted by Crippen LogP contribution is 2.20. The van der Waals surface area contributed by atoms with Crippen molar-refractivity contribution in [1.82, 2.24) is 4.98 Å². The molecule has 0 atom stereocenters. The molecule has 2 nitrogen and oxygen atoms in total. The number of hydrogen-bond acceptors (Lipinski definition) is 2. The summed E-state index contributed by atoms with van der Waals surface area (Å²) in [5.41, 5.74) is 1.44. The van der Waals surface area contributed by atoms with Crippen LogP contribution in [-0.2, 0) is 0 Å². The van der Waals surface area contributed by atoms with Gasteiger partial charge in [-0.3, -0.25) is 4.79 Å². The third kappa shape index (κ3) is 1.61. The molecule has 0 amide bonds. The minimum atomic E-state index is -0.390. The van der Waals surface area contributed by atoms with Crippen LogP contribution in [0.15, 0.2) is 24.3 Å². The second kappa shape index (κ2) is 3.42. The van der Waals surface area contributed by atoms with E-state index in [-0.39, 0.29) is 11.3 Å². The van der Waals surface area contributed by atoms with E-state index in [0.29, 0.717) is 5.69 Å². The van der Waals surface area contributed by atoms with Gasteiger partial charge in [0.1, 0.15) is 17.0 Å². The Morgan fingerprint density at radius 1 is 1.40 bits per heavy atom. The van der Waals surface area contributed by atoms with Gasteiger partial charge in [-0.2, -0.15) is 0 Å². The van der Waals surface area contributed by atoms with Crippen molar-refractivity contribution in [2.75, 3.05) is 0 Å². The van der Waals surface area contributed by atoms with E-state index in [1.54, 1.807) is 18.2 Å². The fourth-order valence-electron chi connectivity index (χ4n) is 1.56. The predicted octanol–water partition coefficient (Wildman–Crippen LogP) is 2.88. The third-order valence-electron chi connectivity index (χ3n) is 2.36. The molecule has 0 bridgehead atoms. The van der Waals surface area contributed by atoms with Gasteiger partial charge >= 0.3 is 0 Å². The molecule has 1 aromatic heterocycles. The first-order valence-electron chi connectivity index (χ1n) is 4.66. The van der Waals surface area contributed by atoms with Crippen molar-refractivity contribution in [2.45, 2.75) is 13.8 Å². The lowest BCUT2D eigenvalue weighted by molar-refractivity contribution is 0.101. The van der Waals surface area contributed by atoms with Gasteiger partial charge in [0.2, 0.25) is 0 Å². The number of ketones is 1. The number of nitrogens with zero attached hydrogens (tertiary/aromatic N) is 1. The molecular formula is C12H10FNO. The maximum absolute atomic E-state index is 13.4. The topological polar surface area (TPSA) is 30.0 Å². The number of benzene rings is 1. The molecule has 0 unspecified atom stereocenters. The molecule has 0 saturated heterocycles. The minimum absolute atomic E-state index is 0.150. The Hall–Kier alpha value is -1.77. The number of hydrogen-bond donors (Lipinski definition) is 0. The standard InChI is InChI=1S/C12H10FNO/c1-7-6-11(8(2)15)14-12-9(7)4-3-5-10(12)13/h3-6H,1-2H3. The van der Waals surface area contributed by atoms with Gasteiger partial charge in [0.15, 0.2) is 5.78 Å². The molecule has 0 fully saturated rings. The van der Waals surface area contributed by atoms with Gasteiger partial charge in [-0.1, -0.05) is 12.1 Å². The van der Waals surface area contributed by atoms with E-state index in [9.17, 15) is 9.18 Å². The van der Waals surface area contributed by atoms with Gasteiger partial charge in [-0.25, -0.2) is 9.37 Å². The van der Waals surface area contributed by atoms with Crippen LogP contribution in [0.3, 0.4) is 0 Å². The molecule has 0 spiro atoms. The Morgan fingerprint density at radius 2 is 2.13 bits per heavy atom. The monoisotopic (exact) mass is 203 g/mol. The Balaban J connectivity index is 2.85. The van der Waals surface area contributed by atoms with Crippen LogP contribution in [0.4, 0.5) is 4.39 Å². The molecule has 0 N–H and O–H groups in total. The minimum Gasteiger partial charge on any atom is -0.293 e. The summed E-state index contributed by atoms with van der Waals surface area (Å²) in [6.45, 7) is 3.27. The lowest BCUT2D eigenvalue weighted by Gasteiger charge is -2.04. The molecule has 1 aromatic carbocycles. The molecule has 1 heterocycles. The second-order valence-corrected chi connectivity index (χ2v) is 3.52. The van der Waals surface area contributed by atoms with Crippen LogP contribution in [0, 0.1) is 12.7 Å². The highest BCUT2D eigenvalue weighted by Gasteiger charge is 2.08. The summed E-state index contributed by atoms with van der Waals surface area (Å²) in [5, 5.41) is 0.750. The van der Waals surface area contributed by atoms with E-state index in [1.165, 1.54) is 13.0 Å². The van der Waals surface area contributed by atoms with Gasteiger partial charge in [-0.15, -0.1) is 0 Å². The average Bonchev–Trinajstić information content (AvgIpc) is 2.19. The summed E-state index contributed by atoms with van der Waals surface area (Å²) < 4.78 is 13.4. The number of halogens is 1. The maximum Gasteiger partial charge on any atom is 0.178 e. The van der Waals surface area contributed by atoms with E-state index in [2.05, 4.69) is 4.98 Å². The number of para-hydroxylation sites is 1. The fourth-order valence-corrected chi connectivity index (χ4v) is 1.56. The normalized spacial score (nSPS) is 10.6. The van der Waals surface area contributed by atoms with Crippen molar-refractivity contribution >= 4 is 16.7 Å². The SMILES string of the molecule is CC(=O)c1cc(C)c2cccc(F)c2n1. The van der Waals surface area contributed by atoms with Crippen LogP contribution in [0.1, 0.15) is 23.0 Å². The average molecular weight is 203 g/mol. The quantitative estimate of drug-likeness (QED) is 0.667. The van der Waals surface area contributed by atoms with Gasteiger partial charge in [0.05, 0.1) is 0 Å². The number of carbonyl (C=O) groups is 1. The first-order valence-corrected chi connectivity index (χ1v) is 4.66. The second-order valence-electron chi connectivity index (χ2n) is 3.52. The number of carbonyl (C=O) groups excluding carboxylic acids is 1. The Labute approximate surface area is 86.8 Å². The highest BCUT2D eigenvalue weighted by molar-refractivity contribution is 5.95. The highest BCUT2D eigenvalue weighted by atomic mass is 19.1. The van der Waals surface area contributed by atoms with Crippen molar-refractivity contribution in [3.8, 4) is 0 Å². The number of rotatable bonds is 1. The zero-order valence-electron chi connectivity index (χ0n) is 8.54. The molecule has 76 valence electrons. The number of Topliss-reactive ketones (excluding diaryl/α,β-unsaturated/α-hetero) is 1. The Morgan fingerprint density at radius 3 is 2.80 bits per heavy atom. The van der Waals surface area contributed by atoms with Crippen molar-refractivity contribution in [1.29, 1.82) is 0 Å². The summed E-state index contributed by atoms with van der Waals surface area (Å²) >= 11 is 0. The van der Waals surface area contributed by atoms with Crippen LogP contribution >= 0.6 is 0 Å². The molecular weight excluding hydrogens is 193 g/mol. The zero-order valence-corrected chi connectivity index (χ0v) is 8.54. The molecule has 0 aliphatic heterocycles. The summed E-state index contributed by atoms with van der Waals surface area (Å²) in [6.07, 6.45) is 0. The maximum atomic E-state index is 13.4. The van der Waals surface area contributed by atoms with Gasteiger partial charge in [0.25, 0.3) is 0 Å². The van der Waals surface area contributed by atoms with Crippen LogP contribution in [0.25, 0.3) is 10.9 Å². The van der Waals surface area contributed by atoms with Crippen molar-refractivity contribution in [2.24, 2.45) is 0 Å². The predicted molar refractivity (Wildman–Crippen MR) is 56.4 cm³/mol. The van der Waals surface area contributed by atoms with E-state index in [1.807, 2.05) is 6.92 Å². The van der Waals surface area contributed by atoms with Crippen LogP contribution in [-0.4, -0.2) is 10.8 Å². The van der Waals surface area contributed by atoms with Crippen molar-refractivity contribution < 1.29 is 9.18 Å². The molecule has 0 radical (unpaired) electrons. The van der Waals surface area contributed by atoms with E-state index in [0.717, 1.165) is 10.9 Å². The van der Waals surface area contributed by atoms with Crippen LogP contribution in [0.2, 0.25) is 0 Å². The molecule has 2 rings (SSSR count). The molecule has 3 heteroatoms. The number of fused-ring (bicyclic) bond motifs is 1. The fraction of sp³-hybridized carbons (Fsp3) is 0.167. The Kier molecular flexibility index (Phi) is 2.23. The van der Waals surface area contributed by atoms with E-state index < -0.39 is 5.82 Å². The first-order chi connectivity index (χ1) is 7.09. The lowest BCUT2D eigenvalue weighted by atomic mass is 10.1. The van der Waals surface area contributed by atoms with Gasteiger partial charge in [0, 0.05) is 12.3 Å². The van der Waals surface area contributed by atoms with Gasteiger partial charge < -0.3 is 0 Å². The first kappa shape index (κ1) is 9.77. The zero-order chi connectivity index (χ0) is 11.0. The molecule has 0 aliphatic rings. The van der Waals surface area contributed by atoms with Crippen LogP contribution in [0.5, 0.6) is 0 Å². The Bertz CT molecular complexity index is 549. The summed E-state index contributed by atoms with van der Waals surface area (Å²) in [6, 6.07) is 6.47. The third-order valence-corrected chi connectivity index (χ3v) is 2.36.